The summed E-state index contributed by atoms with van der Waals surface area (Å²) in [5.41, 5.74) is 0.749. The molecule has 20 heavy (non-hydrogen) atoms. The average Bonchev–Trinajstić information content (AvgIpc) is 2.43. The molecule has 1 heterocycles. The quantitative estimate of drug-likeness (QED) is 0.880. The zero-order chi connectivity index (χ0) is 14.7. The minimum absolute atomic E-state index is 0.00493. The zero-order valence-electron chi connectivity index (χ0n) is 10.7. The van der Waals surface area contributed by atoms with E-state index in [2.05, 4.69) is 10.3 Å². The van der Waals surface area contributed by atoms with Gasteiger partial charge in [0.1, 0.15) is 18.0 Å². The average molecular weight is 299 g/mol. The monoisotopic (exact) mass is 298 g/mol. The van der Waals surface area contributed by atoms with E-state index >= 15 is 0 Å². The van der Waals surface area contributed by atoms with Gasteiger partial charge in [0.15, 0.2) is 0 Å². The number of alkyl halides is 2. The summed E-state index contributed by atoms with van der Waals surface area (Å²) in [5, 5.41) is 3.01. The summed E-state index contributed by atoms with van der Waals surface area (Å²) in [6.45, 7) is 0.201. The fraction of sp³-hybridized carbons (Fsp3) is 0.286. The first-order valence-electron chi connectivity index (χ1n) is 6.09. The molecule has 1 amide bonds. The largest absolute Gasteiger partial charge is 0.344 e. The minimum Gasteiger partial charge on any atom is -0.344 e. The topological polar surface area (TPSA) is 42.0 Å². The highest BCUT2D eigenvalue weighted by atomic mass is 35.5. The van der Waals surface area contributed by atoms with Crippen molar-refractivity contribution in [2.45, 2.75) is 19.1 Å². The Morgan fingerprint density at radius 1 is 1.45 bits per heavy atom. The van der Waals surface area contributed by atoms with Crippen molar-refractivity contribution in [3.63, 3.8) is 0 Å². The van der Waals surface area contributed by atoms with Crippen molar-refractivity contribution in [1.82, 2.24) is 10.3 Å². The van der Waals surface area contributed by atoms with E-state index in [4.69, 9.17) is 11.6 Å². The number of carbonyl (C=O) groups excluding carboxylic acids is 1. The summed E-state index contributed by atoms with van der Waals surface area (Å²) < 4.78 is 25.7. The standard InChI is InChI=1S/C14H13ClF2N2O/c1-8(17)12(7-16)19-14(20)10-6-9-4-2-3-5-11(9)18-13(10)15/h2-6,8,12H,7H2,1H3,(H,19,20)/t8-,12?/m0/s1. The van der Waals surface area contributed by atoms with E-state index in [1.807, 2.05) is 0 Å². The summed E-state index contributed by atoms with van der Waals surface area (Å²) in [7, 11) is 0. The van der Waals surface area contributed by atoms with Crippen LogP contribution in [0.5, 0.6) is 0 Å². The normalized spacial score (nSPS) is 14.0. The maximum absolute atomic E-state index is 13.1. The highest BCUT2D eigenvalue weighted by Gasteiger charge is 2.21. The van der Waals surface area contributed by atoms with Crippen LogP contribution in [-0.2, 0) is 0 Å². The van der Waals surface area contributed by atoms with Gasteiger partial charge in [-0.25, -0.2) is 13.8 Å². The zero-order valence-corrected chi connectivity index (χ0v) is 11.5. The fourth-order valence-electron chi connectivity index (χ4n) is 1.77. The van der Waals surface area contributed by atoms with E-state index in [1.54, 1.807) is 30.3 Å². The number of benzene rings is 1. The van der Waals surface area contributed by atoms with Gasteiger partial charge in [-0.3, -0.25) is 4.79 Å². The number of pyridine rings is 1. The Hall–Kier alpha value is -1.75. The van der Waals surface area contributed by atoms with Gasteiger partial charge in [0.25, 0.3) is 5.91 Å². The molecule has 0 fully saturated rings. The van der Waals surface area contributed by atoms with Crippen molar-refractivity contribution in [3.05, 3.63) is 41.0 Å². The van der Waals surface area contributed by atoms with Crippen LogP contribution >= 0.6 is 11.6 Å². The first-order chi connectivity index (χ1) is 9.52. The maximum Gasteiger partial charge on any atom is 0.254 e. The maximum atomic E-state index is 13.1. The lowest BCUT2D eigenvalue weighted by molar-refractivity contribution is 0.0900. The Morgan fingerprint density at radius 3 is 2.80 bits per heavy atom. The molecule has 6 heteroatoms. The van der Waals surface area contributed by atoms with Crippen LogP contribution in [0.4, 0.5) is 8.78 Å². The molecule has 1 aromatic carbocycles. The van der Waals surface area contributed by atoms with E-state index in [0.29, 0.717) is 5.52 Å². The Kier molecular flexibility index (Phi) is 4.49. The fourth-order valence-corrected chi connectivity index (χ4v) is 2.01. The molecule has 106 valence electrons. The highest BCUT2D eigenvalue weighted by Crippen LogP contribution is 2.20. The molecule has 0 saturated heterocycles. The second kappa shape index (κ2) is 6.13. The molecular formula is C14H13ClF2N2O. The molecule has 0 saturated carbocycles. The van der Waals surface area contributed by atoms with Crippen molar-refractivity contribution in [2.75, 3.05) is 6.67 Å². The van der Waals surface area contributed by atoms with E-state index in [9.17, 15) is 13.6 Å². The number of hydrogen-bond acceptors (Lipinski definition) is 2. The number of amides is 1. The molecular weight excluding hydrogens is 286 g/mol. The lowest BCUT2D eigenvalue weighted by atomic mass is 10.1. The molecule has 0 aliphatic carbocycles. The summed E-state index contributed by atoms with van der Waals surface area (Å²) in [6, 6.07) is 7.50. The van der Waals surface area contributed by atoms with Gasteiger partial charge in [-0.15, -0.1) is 0 Å². The minimum atomic E-state index is -1.49. The second-order valence-corrected chi connectivity index (χ2v) is 4.79. The molecule has 1 aromatic heterocycles. The van der Waals surface area contributed by atoms with Gasteiger partial charge in [-0.2, -0.15) is 0 Å². The molecule has 3 nitrogen and oxygen atoms in total. The molecule has 0 radical (unpaired) electrons. The van der Waals surface area contributed by atoms with Crippen molar-refractivity contribution >= 4 is 28.4 Å². The van der Waals surface area contributed by atoms with Crippen molar-refractivity contribution < 1.29 is 13.6 Å². The van der Waals surface area contributed by atoms with Crippen LogP contribution in [0.2, 0.25) is 5.15 Å². The van der Waals surface area contributed by atoms with Crippen molar-refractivity contribution in [1.29, 1.82) is 0 Å². The first-order valence-corrected chi connectivity index (χ1v) is 6.47. The Morgan fingerprint density at radius 2 is 2.15 bits per heavy atom. The van der Waals surface area contributed by atoms with Gasteiger partial charge in [-0.05, 0) is 19.1 Å². The van der Waals surface area contributed by atoms with Crippen LogP contribution in [0.3, 0.4) is 0 Å². The Balaban J connectivity index is 2.32. The van der Waals surface area contributed by atoms with Crippen LogP contribution in [0.25, 0.3) is 10.9 Å². The lowest BCUT2D eigenvalue weighted by Crippen LogP contribution is -2.42. The molecule has 1 N–H and O–H groups in total. The van der Waals surface area contributed by atoms with Crippen LogP contribution in [-0.4, -0.2) is 29.8 Å². The predicted molar refractivity (Wildman–Crippen MR) is 74.6 cm³/mol. The summed E-state index contributed by atoms with van der Waals surface area (Å²) >= 11 is 5.94. The SMILES string of the molecule is C[C@H](F)C(CF)NC(=O)c1cc2ccccc2nc1Cl. The number of rotatable bonds is 4. The van der Waals surface area contributed by atoms with E-state index < -0.39 is 24.8 Å². The van der Waals surface area contributed by atoms with Gasteiger partial charge < -0.3 is 5.32 Å². The van der Waals surface area contributed by atoms with Crippen LogP contribution < -0.4 is 5.32 Å². The number of carbonyl (C=O) groups is 1. The Labute approximate surface area is 120 Å². The molecule has 2 rings (SSSR count). The molecule has 2 aromatic rings. The summed E-state index contributed by atoms with van der Waals surface area (Å²) in [5.74, 6) is -0.639. The highest BCUT2D eigenvalue weighted by molar-refractivity contribution is 6.33. The van der Waals surface area contributed by atoms with Gasteiger partial charge in [-0.1, -0.05) is 29.8 Å². The molecule has 1 unspecified atom stereocenters. The predicted octanol–water partition coefficient (Wildman–Crippen LogP) is 3.31. The van der Waals surface area contributed by atoms with E-state index in [1.165, 1.54) is 6.92 Å². The molecule has 2 atom stereocenters. The lowest BCUT2D eigenvalue weighted by Gasteiger charge is -2.17. The number of hydrogen-bond donors (Lipinski definition) is 1. The van der Waals surface area contributed by atoms with Crippen LogP contribution in [0.1, 0.15) is 17.3 Å². The third-order valence-electron chi connectivity index (χ3n) is 2.96. The number of fused-ring (bicyclic) bond motifs is 1. The smallest absolute Gasteiger partial charge is 0.254 e. The number of para-hydroxylation sites is 1. The Bertz CT molecular complexity index is 634. The van der Waals surface area contributed by atoms with Crippen molar-refractivity contribution in [2.24, 2.45) is 0 Å². The van der Waals surface area contributed by atoms with Crippen molar-refractivity contribution in [3.8, 4) is 0 Å². The van der Waals surface area contributed by atoms with Crippen LogP contribution in [0, 0.1) is 0 Å². The molecule has 0 aliphatic heterocycles. The second-order valence-electron chi connectivity index (χ2n) is 4.43. The molecule has 0 aliphatic rings. The first kappa shape index (κ1) is 14.7. The van der Waals surface area contributed by atoms with Gasteiger partial charge in [0, 0.05) is 5.39 Å². The third-order valence-corrected chi connectivity index (χ3v) is 3.25. The van der Waals surface area contributed by atoms with E-state index in [0.717, 1.165) is 5.39 Å². The summed E-state index contributed by atoms with van der Waals surface area (Å²) in [4.78, 5) is 16.1. The summed E-state index contributed by atoms with van der Waals surface area (Å²) in [6.07, 6.45) is -1.49. The number of aromatic nitrogens is 1. The number of nitrogens with one attached hydrogen (secondary N) is 1. The molecule has 0 spiro atoms. The number of halogens is 3. The third kappa shape index (κ3) is 3.04. The van der Waals surface area contributed by atoms with Gasteiger partial charge in [0.05, 0.1) is 17.1 Å². The number of nitrogens with zero attached hydrogens (tertiary/aromatic N) is 1. The van der Waals surface area contributed by atoms with Gasteiger partial charge >= 0.3 is 0 Å². The van der Waals surface area contributed by atoms with Crippen LogP contribution in [0.15, 0.2) is 30.3 Å². The molecule has 0 bridgehead atoms. The van der Waals surface area contributed by atoms with Gasteiger partial charge in [0.2, 0.25) is 0 Å². The van der Waals surface area contributed by atoms with E-state index in [-0.39, 0.29) is 10.7 Å².